The van der Waals surface area contributed by atoms with E-state index in [2.05, 4.69) is 42.0 Å². The molecule has 172 valence electrons. The number of carbonyl (C=O) groups excluding carboxylic acids is 1. The third-order valence-corrected chi connectivity index (χ3v) is 6.90. The molecule has 8 heteroatoms. The van der Waals surface area contributed by atoms with Crippen LogP contribution in [0.5, 0.6) is 0 Å². The molecule has 0 N–H and O–H groups in total. The number of furan rings is 1. The second-order valence-corrected chi connectivity index (χ2v) is 8.79. The summed E-state index contributed by atoms with van der Waals surface area (Å²) in [7, 11) is 0. The van der Waals surface area contributed by atoms with Gasteiger partial charge in [-0.2, -0.15) is 5.10 Å². The van der Waals surface area contributed by atoms with Gasteiger partial charge in [-0.25, -0.2) is 4.68 Å². The van der Waals surface area contributed by atoms with Gasteiger partial charge in [-0.15, -0.1) is 0 Å². The van der Waals surface area contributed by atoms with E-state index in [1.807, 2.05) is 24.8 Å². The second kappa shape index (κ2) is 8.10. The average Bonchev–Trinajstić information content (AvgIpc) is 3.41. The lowest BCUT2D eigenvalue weighted by molar-refractivity contribution is -0.135. The summed E-state index contributed by atoms with van der Waals surface area (Å²) in [6, 6.07) is 9.26. The number of anilines is 1. The maximum atomic E-state index is 13.5. The number of piperazine rings is 1. The van der Waals surface area contributed by atoms with Crippen LogP contribution in [0.2, 0.25) is 0 Å². The molecule has 3 aromatic heterocycles. The normalized spacial score (nSPS) is 15.5. The summed E-state index contributed by atoms with van der Waals surface area (Å²) in [5.74, 6) is 0.596. The van der Waals surface area contributed by atoms with Crippen molar-refractivity contribution in [1.82, 2.24) is 19.1 Å². The molecule has 0 spiro atoms. The van der Waals surface area contributed by atoms with E-state index in [0.717, 1.165) is 18.6 Å². The van der Waals surface area contributed by atoms with Crippen molar-refractivity contribution >= 4 is 28.2 Å². The number of nitrogens with zero attached hydrogens (tertiary/aromatic N) is 5. The number of aryl methyl sites for hydroxylation is 2. The van der Waals surface area contributed by atoms with Crippen LogP contribution in [0, 0.1) is 20.8 Å². The quantitative estimate of drug-likeness (QED) is 0.479. The van der Waals surface area contributed by atoms with Gasteiger partial charge in [0.05, 0.1) is 11.8 Å². The fourth-order valence-electron chi connectivity index (χ4n) is 4.91. The molecule has 1 atom stereocenters. The number of hydrogen-bond acceptors (Lipinski definition) is 5. The Hall–Kier alpha value is -3.55. The summed E-state index contributed by atoms with van der Waals surface area (Å²) < 4.78 is 8.62. The van der Waals surface area contributed by atoms with Gasteiger partial charge in [0.25, 0.3) is 5.56 Å². The number of hydrogen-bond donors (Lipinski definition) is 0. The Morgan fingerprint density at radius 3 is 2.58 bits per heavy atom. The van der Waals surface area contributed by atoms with E-state index in [1.54, 1.807) is 16.7 Å². The molecular weight excluding hydrogens is 418 g/mol. The maximum Gasteiger partial charge on any atom is 0.291 e. The summed E-state index contributed by atoms with van der Waals surface area (Å²) in [4.78, 5) is 31.0. The van der Waals surface area contributed by atoms with Crippen LogP contribution in [0.15, 0.2) is 45.8 Å². The highest BCUT2D eigenvalue weighted by molar-refractivity contribution is 5.83. The molecule has 1 aliphatic rings. The molecule has 1 fully saturated rings. The number of amides is 1. The maximum absolute atomic E-state index is 13.5. The predicted octanol–water partition coefficient (Wildman–Crippen LogP) is 3.47. The van der Waals surface area contributed by atoms with Crippen molar-refractivity contribution in [2.45, 2.75) is 40.2 Å². The molecule has 1 aromatic carbocycles. The van der Waals surface area contributed by atoms with E-state index in [1.165, 1.54) is 21.5 Å². The van der Waals surface area contributed by atoms with Crippen molar-refractivity contribution < 1.29 is 9.21 Å². The van der Waals surface area contributed by atoms with Gasteiger partial charge in [0.15, 0.2) is 5.58 Å². The SMILES string of the molecule is CC[C@@H](C(=O)N1CCN(c2cccc(C)c2C)CC1)n1nc(C)n2c(cc3occc32)c1=O. The van der Waals surface area contributed by atoms with Crippen molar-refractivity contribution in [3.63, 3.8) is 0 Å². The highest BCUT2D eigenvalue weighted by Crippen LogP contribution is 2.25. The van der Waals surface area contributed by atoms with E-state index < -0.39 is 6.04 Å². The summed E-state index contributed by atoms with van der Waals surface area (Å²) in [5, 5.41) is 4.54. The van der Waals surface area contributed by atoms with Crippen molar-refractivity contribution in [1.29, 1.82) is 0 Å². The Morgan fingerprint density at radius 1 is 1.09 bits per heavy atom. The van der Waals surface area contributed by atoms with E-state index in [-0.39, 0.29) is 11.5 Å². The Labute approximate surface area is 192 Å². The second-order valence-electron chi connectivity index (χ2n) is 8.79. The fourth-order valence-corrected chi connectivity index (χ4v) is 4.91. The fraction of sp³-hybridized carbons (Fsp3) is 0.400. The van der Waals surface area contributed by atoms with Gasteiger partial charge in [-0.1, -0.05) is 19.1 Å². The minimum Gasteiger partial charge on any atom is -0.463 e. The van der Waals surface area contributed by atoms with Crippen molar-refractivity contribution in [2.24, 2.45) is 0 Å². The predicted molar refractivity (Wildman–Crippen MR) is 128 cm³/mol. The van der Waals surface area contributed by atoms with Crippen LogP contribution >= 0.6 is 0 Å². The summed E-state index contributed by atoms with van der Waals surface area (Å²) in [6.07, 6.45) is 2.09. The van der Waals surface area contributed by atoms with Gasteiger partial charge >= 0.3 is 0 Å². The lowest BCUT2D eigenvalue weighted by atomic mass is 10.1. The molecule has 0 unspecified atom stereocenters. The van der Waals surface area contributed by atoms with E-state index in [4.69, 9.17) is 4.42 Å². The van der Waals surface area contributed by atoms with Crippen LogP contribution in [-0.4, -0.2) is 51.2 Å². The number of fused-ring (bicyclic) bond motifs is 3. The number of rotatable bonds is 4. The smallest absolute Gasteiger partial charge is 0.291 e. The van der Waals surface area contributed by atoms with Crippen LogP contribution < -0.4 is 10.5 Å². The molecule has 1 saturated heterocycles. The Morgan fingerprint density at radius 2 is 1.85 bits per heavy atom. The zero-order chi connectivity index (χ0) is 23.3. The van der Waals surface area contributed by atoms with Gasteiger partial charge in [0.1, 0.15) is 17.4 Å². The highest BCUT2D eigenvalue weighted by Gasteiger charge is 2.30. The molecule has 0 bridgehead atoms. The molecule has 33 heavy (non-hydrogen) atoms. The standard InChI is InChI=1S/C25H29N5O3/c1-5-19(30-25(32)22-15-23-21(9-14-33-23)29(22)18(4)26-30)24(31)28-12-10-27(11-13-28)20-8-6-7-16(2)17(20)3/h6-9,14-15,19H,5,10-13H2,1-4H3/t19-/m0/s1. The third kappa shape index (κ3) is 3.41. The minimum atomic E-state index is -0.630. The van der Waals surface area contributed by atoms with Crippen molar-refractivity contribution in [3.05, 3.63) is 63.9 Å². The van der Waals surface area contributed by atoms with Crippen LogP contribution in [0.1, 0.15) is 36.3 Å². The number of aromatic nitrogens is 3. The Balaban J connectivity index is 1.40. The van der Waals surface area contributed by atoms with E-state index >= 15 is 0 Å². The van der Waals surface area contributed by atoms with Crippen LogP contribution in [0.3, 0.4) is 0 Å². The van der Waals surface area contributed by atoms with Crippen LogP contribution in [-0.2, 0) is 4.79 Å². The number of benzene rings is 1. The first kappa shape index (κ1) is 21.3. The van der Waals surface area contributed by atoms with Gasteiger partial charge < -0.3 is 14.2 Å². The molecule has 4 heterocycles. The zero-order valence-corrected chi connectivity index (χ0v) is 19.5. The summed E-state index contributed by atoms with van der Waals surface area (Å²) in [5.41, 5.74) is 5.42. The molecule has 1 amide bonds. The molecule has 0 aliphatic carbocycles. The topological polar surface area (TPSA) is 76.0 Å². The van der Waals surface area contributed by atoms with Gasteiger partial charge in [-0.05, 0) is 44.4 Å². The lowest BCUT2D eigenvalue weighted by Gasteiger charge is -2.38. The molecule has 4 aromatic rings. The zero-order valence-electron chi connectivity index (χ0n) is 19.5. The third-order valence-electron chi connectivity index (χ3n) is 6.90. The lowest BCUT2D eigenvalue weighted by Crippen LogP contribution is -2.51. The largest absolute Gasteiger partial charge is 0.463 e. The Bertz CT molecular complexity index is 1400. The van der Waals surface area contributed by atoms with Gasteiger partial charge in [0, 0.05) is 44.0 Å². The highest BCUT2D eigenvalue weighted by atomic mass is 16.3. The molecular formula is C25H29N5O3. The Kier molecular flexibility index (Phi) is 5.23. The summed E-state index contributed by atoms with van der Waals surface area (Å²) >= 11 is 0. The molecule has 1 aliphatic heterocycles. The first-order valence-corrected chi connectivity index (χ1v) is 11.5. The summed E-state index contributed by atoms with van der Waals surface area (Å²) in [6.45, 7) is 10.8. The molecule has 5 rings (SSSR count). The molecule has 8 nitrogen and oxygen atoms in total. The number of carbonyl (C=O) groups is 1. The van der Waals surface area contributed by atoms with Gasteiger partial charge in [-0.3, -0.25) is 14.0 Å². The minimum absolute atomic E-state index is 0.0493. The first-order chi connectivity index (χ1) is 15.9. The van der Waals surface area contributed by atoms with Crippen molar-refractivity contribution in [3.8, 4) is 0 Å². The van der Waals surface area contributed by atoms with Crippen molar-refractivity contribution in [2.75, 3.05) is 31.1 Å². The average molecular weight is 448 g/mol. The molecule has 0 saturated carbocycles. The van der Waals surface area contributed by atoms with E-state index in [0.29, 0.717) is 36.4 Å². The monoisotopic (exact) mass is 447 g/mol. The van der Waals surface area contributed by atoms with Crippen LogP contribution in [0.25, 0.3) is 16.6 Å². The molecule has 0 radical (unpaired) electrons. The van der Waals surface area contributed by atoms with Crippen LogP contribution in [0.4, 0.5) is 5.69 Å². The van der Waals surface area contributed by atoms with Gasteiger partial charge in [0.2, 0.25) is 5.91 Å². The first-order valence-electron chi connectivity index (χ1n) is 11.5. The van der Waals surface area contributed by atoms with E-state index in [9.17, 15) is 9.59 Å².